The zero-order valence-electron chi connectivity index (χ0n) is 14.3. The Labute approximate surface area is 151 Å². The van der Waals surface area contributed by atoms with E-state index in [0.717, 1.165) is 12.0 Å². The van der Waals surface area contributed by atoms with Gasteiger partial charge in [0, 0.05) is 12.1 Å². The van der Waals surface area contributed by atoms with Crippen LogP contribution in [0.25, 0.3) is 11.3 Å². The minimum atomic E-state index is -0.954. The van der Waals surface area contributed by atoms with E-state index in [-0.39, 0.29) is 24.2 Å². The van der Waals surface area contributed by atoms with E-state index in [0.29, 0.717) is 23.7 Å². The maximum Gasteiger partial charge on any atom is 0.331 e. The summed E-state index contributed by atoms with van der Waals surface area (Å²) in [4.78, 5) is 26.8. The van der Waals surface area contributed by atoms with Gasteiger partial charge < -0.3 is 14.1 Å². The van der Waals surface area contributed by atoms with Gasteiger partial charge in [0.2, 0.25) is 0 Å². The SMILES string of the molecule is CCOC(=O)[C@@]1(C)CCCN1C(=O)c1ccc(-c2ccccc2Cl)o1. The number of furan rings is 1. The molecule has 0 N–H and O–H groups in total. The summed E-state index contributed by atoms with van der Waals surface area (Å²) in [5.41, 5.74) is -0.234. The lowest BCUT2D eigenvalue weighted by atomic mass is 9.99. The van der Waals surface area contributed by atoms with Crippen molar-refractivity contribution < 1.29 is 18.7 Å². The maximum atomic E-state index is 12.9. The average Bonchev–Trinajstić information content (AvgIpc) is 3.23. The van der Waals surface area contributed by atoms with E-state index in [9.17, 15) is 9.59 Å². The lowest BCUT2D eigenvalue weighted by Crippen LogP contribution is -2.51. The van der Waals surface area contributed by atoms with Crippen molar-refractivity contribution in [2.75, 3.05) is 13.2 Å². The second-order valence-electron chi connectivity index (χ2n) is 6.20. The van der Waals surface area contributed by atoms with Crippen molar-refractivity contribution in [1.82, 2.24) is 4.90 Å². The Morgan fingerprint density at radius 1 is 1.28 bits per heavy atom. The smallest absolute Gasteiger partial charge is 0.331 e. The van der Waals surface area contributed by atoms with Crippen molar-refractivity contribution in [2.24, 2.45) is 0 Å². The van der Waals surface area contributed by atoms with Gasteiger partial charge in [0.25, 0.3) is 5.91 Å². The molecule has 1 aliphatic rings. The Kier molecular flexibility index (Phi) is 4.86. The molecule has 132 valence electrons. The van der Waals surface area contributed by atoms with Gasteiger partial charge in [-0.2, -0.15) is 0 Å². The molecule has 1 saturated heterocycles. The maximum absolute atomic E-state index is 12.9. The topological polar surface area (TPSA) is 59.8 Å². The average molecular weight is 362 g/mol. The van der Waals surface area contributed by atoms with E-state index in [1.54, 1.807) is 36.9 Å². The fraction of sp³-hybridized carbons (Fsp3) is 0.368. The Hall–Kier alpha value is -2.27. The molecular formula is C19H20ClNO4. The number of rotatable bonds is 4. The minimum Gasteiger partial charge on any atom is -0.464 e. The third-order valence-electron chi connectivity index (χ3n) is 4.56. The highest BCUT2D eigenvalue weighted by atomic mass is 35.5. The Morgan fingerprint density at radius 2 is 2.04 bits per heavy atom. The van der Waals surface area contributed by atoms with E-state index in [2.05, 4.69) is 0 Å². The second-order valence-corrected chi connectivity index (χ2v) is 6.61. The van der Waals surface area contributed by atoms with Gasteiger partial charge in [-0.3, -0.25) is 4.79 Å². The molecule has 0 radical (unpaired) electrons. The normalized spacial score (nSPS) is 19.9. The predicted octanol–water partition coefficient (Wildman–Crippen LogP) is 4.16. The quantitative estimate of drug-likeness (QED) is 0.767. The monoisotopic (exact) mass is 361 g/mol. The number of amides is 1. The van der Waals surface area contributed by atoms with Crippen molar-refractivity contribution in [3.05, 3.63) is 47.2 Å². The van der Waals surface area contributed by atoms with Crippen molar-refractivity contribution in [3.8, 4) is 11.3 Å². The molecule has 1 fully saturated rings. The molecule has 0 aliphatic carbocycles. The summed E-state index contributed by atoms with van der Waals surface area (Å²) < 4.78 is 10.9. The van der Waals surface area contributed by atoms with Gasteiger partial charge in [0.1, 0.15) is 11.3 Å². The zero-order chi connectivity index (χ0) is 18.0. The van der Waals surface area contributed by atoms with E-state index >= 15 is 0 Å². The number of benzene rings is 1. The van der Waals surface area contributed by atoms with Crippen molar-refractivity contribution in [3.63, 3.8) is 0 Å². The Bertz CT molecular complexity index is 800. The Balaban J connectivity index is 1.86. The molecule has 0 bridgehead atoms. The number of carbonyl (C=O) groups is 2. The summed E-state index contributed by atoms with van der Waals surface area (Å²) in [6.45, 7) is 4.28. The summed E-state index contributed by atoms with van der Waals surface area (Å²) in [6, 6.07) is 10.6. The van der Waals surface area contributed by atoms with Crippen molar-refractivity contribution in [1.29, 1.82) is 0 Å². The molecule has 2 aromatic rings. The molecule has 1 atom stereocenters. The van der Waals surface area contributed by atoms with Gasteiger partial charge in [0.15, 0.2) is 5.76 Å². The first kappa shape index (κ1) is 17.5. The molecule has 5 nitrogen and oxygen atoms in total. The van der Waals surface area contributed by atoms with Crippen LogP contribution in [0.3, 0.4) is 0 Å². The van der Waals surface area contributed by atoms with Gasteiger partial charge in [-0.25, -0.2) is 4.79 Å². The van der Waals surface area contributed by atoms with Gasteiger partial charge in [-0.15, -0.1) is 0 Å². The molecule has 1 aromatic heterocycles. The first-order valence-electron chi connectivity index (χ1n) is 8.31. The first-order valence-corrected chi connectivity index (χ1v) is 8.69. The molecule has 1 aliphatic heterocycles. The molecule has 3 rings (SSSR count). The highest BCUT2D eigenvalue weighted by Gasteiger charge is 2.47. The number of ether oxygens (including phenoxy) is 1. The fourth-order valence-corrected chi connectivity index (χ4v) is 3.41. The van der Waals surface area contributed by atoms with Gasteiger partial charge in [0.05, 0.1) is 11.6 Å². The number of hydrogen-bond acceptors (Lipinski definition) is 4. The van der Waals surface area contributed by atoms with E-state index in [4.69, 9.17) is 20.8 Å². The Morgan fingerprint density at radius 3 is 2.76 bits per heavy atom. The minimum absolute atomic E-state index is 0.187. The van der Waals surface area contributed by atoms with Crippen LogP contribution in [-0.2, 0) is 9.53 Å². The number of nitrogens with zero attached hydrogens (tertiary/aromatic N) is 1. The predicted molar refractivity (Wildman–Crippen MR) is 94.5 cm³/mol. The highest BCUT2D eigenvalue weighted by molar-refractivity contribution is 6.33. The zero-order valence-corrected chi connectivity index (χ0v) is 15.0. The largest absolute Gasteiger partial charge is 0.464 e. The molecule has 0 spiro atoms. The van der Waals surface area contributed by atoms with Crippen LogP contribution in [0.4, 0.5) is 0 Å². The lowest BCUT2D eigenvalue weighted by Gasteiger charge is -2.32. The fourth-order valence-electron chi connectivity index (χ4n) is 3.18. The number of carbonyl (C=O) groups excluding carboxylic acids is 2. The summed E-state index contributed by atoms with van der Waals surface area (Å²) in [7, 11) is 0. The summed E-state index contributed by atoms with van der Waals surface area (Å²) in [5.74, 6) is 0.0171. The van der Waals surface area contributed by atoms with Crippen LogP contribution in [0.15, 0.2) is 40.8 Å². The molecule has 25 heavy (non-hydrogen) atoms. The van der Waals surface area contributed by atoms with Crippen LogP contribution in [-0.4, -0.2) is 35.5 Å². The van der Waals surface area contributed by atoms with Gasteiger partial charge in [-0.1, -0.05) is 23.7 Å². The summed E-state index contributed by atoms with van der Waals surface area (Å²) in [5, 5.41) is 0.549. The second kappa shape index (κ2) is 6.92. The van der Waals surface area contributed by atoms with E-state index < -0.39 is 5.54 Å². The lowest BCUT2D eigenvalue weighted by molar-refractivity contribution is -0.153. The molecule has 2 heterocycles. The number of esters is 1. The molecular weight excluding hydrogens is 342 g/mol. The van der Waals surface area contributed by atoms with Gasteiger partial charge in [-0.05, 0) is 51.0 Å². The van der Waals surface area contributed by atoms with Crippen molar-refractivity contribution >= 4 is 23.5 Å². The third-order valence-corrected chi connectivity index (χ3v) is 4.89. The molecule has 1 amide bonds. The molecule has 1 aromatic carbocycles. The van der Waals surface area contributed by atoms with Crippen LogP contribution >= 0.6 is 11.6 Å². The van der Waals surface area contributed by atoms with E-state index in [1.165, 1.54) is 0 Å². The van der Waals surface area contributed by atoms with Crippen LogP contribution in [0.2, 0.25) is 5.02 Å². The van der Waals surface area contributed by atoms with Crippen LogP contribution < -0.4 is 0 Å². The van der Waals surface area contributed by atoms with Crippen LogP contribution in [0.5, 0.6) is 0 Å². The highest BCUT2D eigenvalue weighted by Crippen LogP contribution is 2.34. The third kappa shape index (κ3) is 3.16. The summed E-state index contributed by atoms with van der Waals surface area (Å²) in [6.07, 6.45) is 1.33. The number of halogens is 1. The van der Waals surface area contributed by atoms with Gasteiger partial charge >= 0.3 is 5.97 Å². The number of likely N-dealkylation sites (tertiary alicyclic amines) is 1. The summed E-state index contributed by atoms with van der Waals surface area (Å²) >= 11 is 6.18. The van der Waals surface area contributed by atoms with E-state index in [1.807, 2.05) is 18.2 Å². The molecule has 0 saturated carbocycles. The van der Waals surface area contributed by atoms with Crippen LogP contribution in [0.1, 0.15) is 37.2 Å². The van der Waals surface area contributed by atoms with Crippen LogP contribution in [0, 0.1) is 0 Å². The van der Waals surface area contributed by atoms with Crippen molar-refractivity contribution in [2.45, 2.75) is 32.2 Å². The molecule has 6 heteroatoms. The molecule has 0 unspecified atom stereocenters. The number of hydrogen-bond donors (Lipinski definition) is 0. The first-order chi connectivity index (χ1) is 12.0. The standard InChI is InChI=1S/C19H20ClNO4/c1-3-24-18(23)19(2)11-6-12-21(19)17(22)16-10-9-15(25-16)13-7-4-5-8-14(13)20/h4-5,7-10H,3,6,11-12H2,1-2H3/t19-/m1/s1.